The smallest absolute Gasteiger partial charge is 0.318 e. The van der Waals surface area contributed by atoms with Crippen molar-refractivity contribution in [3.05, 3.63) is 29.8 Å². The summed E-state index contributed by atoms with van der Waals surface area (Å²) in [6.45, 7) is -0.0517. The second-order valence-corrected chi connectivity index (χ2v) is 7.88. The lowest BCUT2D eigenvalue weighted by Gasteiger charge is -2.35. The van der Waals surface area contributed by atoms with Gasteiger partial charge in [-0.3, -0.25) is 9.59 Å². The summed E-state index contributed by atoms with van der Waals surface area (Å²) < 4.78 is 35.1. The maximum absolute atomic E-state index is 12.7. The quantitative estimate of drug-likeness (QED) is 0.695. The molecule has 10 heteroatoms. The Morgan fingerprint density at radius 1 is 1.38 bits per heavy atom. The minimum Gasteiger partial charge on any atom is -0.496 e. The Balaban J connectivity index is 2.10. The molecule has 0 bridgehead atoms. The maximum atomic E-state index is 12.7. The summed E-state index contributed by atoms with van der Waals surface area (Å²) >= 11 is 0. The SMILES string of the molecule is COc1ccccc1C(=O)N1CCOC(CN(CC(=O)O)S(C)(=O)=O)C1. The van der Waals surface area contributed by atoms with Crippen LogP contribution >= 0.6 is 0 Å². The number of hydrogen-bond acceptors (Lipinski definition) is 6. The average Bonchev–Trinajstić information content (AvgIpc) is 2.59. The second kappa shape index (κ2) is 8.47. The lowest BCUT2D eigenvalue weighted by Crippen LogP contribution is -2.51. The number of amides is 1. The largest absolute Gasteiger partial charge is 0.496 e. The molecule has 1 aliphatic heterocycles. The van der Waals surface area contributed by atoms with E-state index in [0.717, 1.165) is 10.6 Å². The zero-order valence-electron chi connectivity index (χ0n) is 14.6. The molecule has 2 rings (SSSR count). The number of aliphatic carboxylic acids is 1. The van der Waals surface area contributed by atoms with Gasteiger partial charge in [0.1, 0.15) is 12.3 Å². The number of ether oxygens (including phenoxy) is 2. The van der Waals surface area contributed by atoms with Crippen LogP contribution < -0.4 is 4.74 Å². The highest BCUT2D eigenvalue weighted by Crippen LogP contribution is 2.21. The van der Waals surface area contributed by atoms with Crippen molar-refractivity contribution in [3.8, 4) is 5.75 Å². The van der Waals surface area contributed by atoms with Gasteiger partial charge < -0.3 is 19.5 Å². The molecular weight excluding hydrogens is 364 g/mol. The first-order valence-corrected chi connectivity index (χ1v) is 9.78. The Labute approximate surface area is 152 Å². The third-order valence-electron chi connectivity index (χ3n) is 3.95. The lowest BCUT2D eigenvalue weighted by atomic mass is 10.1. The predicted molar refractivity (Wildman–Crippen MR) is 92.7 cm³/mol. The van der Waals surface area contributed by atoms with Crippen LogP contribution in [-0.4, -0.2) is 86.9 Å². The fourth-order valence-corrected chi connectivity index (χ4v) is 3.48. The number of carbonyl (C=O) groups is 2. The molecule has 1 N–H and O–H groups in total. The molecule has 0 saturated carbocycles. The van der Waals surface area contributed by atoms with E-state index in [1.807, 2.05) is 0 Å². The van der Waals surface area contributed by atoms with Gasteiger partial charge in [0.05, 0.1) is 31.6 Å². The first-order chi connectivity index (χ1) is 12.2. The normalized spacial score (nSPS) is 18.0. The first kappa shape index (κ1) is 20.1. The number of methoxy groups -OCH3 is 1. The molecule has 9 nitrogen and oxygen atoms in total. The molecule has 0 radical (unpaired) electrons. The van der Waals surface area contributed by atoms with Gasteiger partial charge in [-0.15, -0.1) is 0 Å². The highest BCUT2D eigenvalue weighted by Gasteiger charge is 2.30. The van der Waals surface area contributed by atoms with Gasteiger partial charge >= 0.3 is 5.97 Å². The monoisotopic (exact) mass is 386 g/mol. The number of carboxylic acid groups (broad SMARTS) is 1. The number of hydrogen-bond donors (Lipinski definition) is 1. The predicted octanol–water partition coefficient (Wildman–Crippen LogP) is -0.118. The summed E-state index contributed by atoms with van der Waals surface area (Å²) in [5.74, 6) is -1.06. The van der Waals surface area contributed by atoms with E-state index in [4.69, 9.17) is 14.6 Å². The van der Waals surface area contributed by atoms with Gasteiger partial charge in [0.15, 0.2) is 0 Å². The van der Waals surface area contributed by atoms with Crippen molar-refractivity contribution in [2.45, 2.75) is 6.10 Å². The van der Waals surface area contributed by atoms with Gasteiger partial charge in [-0.25, -0.2) is 8.42 Å². The third-order valence-corrected chi connectivity index (χ3v) is 5.17. The summed E-state index contributed by atoms with van der Waals surface area (Å²) in [6.07, 6.45) is 0.327. The Hall–Kier alpha value is -2.17. The van der Waals surface area contributed by atoms with Crippen molar-refractivity contribution in [2.24, 2.45) is 0 Å². The molecule has 1 unspecified atom stereocenters. The summed E-state index contributed by atoms with van der Waals surface area (Å²) in [6, 6.07) is 6.82. The minimum absolute atomic E-state index is 0.138. The van der Waals surface area contributed by atoms with Crippen LogP contribution in [0, 0.1) is 0 Å². The maximum Gasteiger partial charge on any atom is 0.318 e. The van der Waals surface area contributed by atoms with Crippen LogP contribution in [0.1, 0.15) is 10.4 Å². The standard InChI is InChI=1S/C16H22N2O7S/c1-24-14-6-4-3-5-13(14)16(21)17-7-8-25-12(9-17)10-18(11-15(19)20)26(2,22)23/h3-6,12H,7-11H2,1-2H3,(H,19,20). The zero-order chi connectivity index (χ0) is 19.3. The third kappa shape index (κ3) is 5.16. The van der Waals surface area contributed by atoms with Gasteiger partial charge in [0.25, 0.3) is 5.91 Å². The summed E-state index contributed by atoms with van der Waals surface area (Å²) in [5, 5.41) is 8.90. The highest BCUT2D eigenvalue weighted by molar-refractivity contribution is 7.88. The Morgan fingerprint density at radius 3 is 2.69 bits per heavy atom. The number of para-hydroxylation sites is 1. The molecule has 1 aromatic carbocycles. The molecule has 1 fully saturated rings. The highest BCUT2D eigenvalue weighted by atomic mass is 32.2. The molecule has 1 amide bonds. The van der Waals surface area contributed by atoms with Crippen LogP contribution in [0.25, 0.3) is 0 Å². The molecule has 0 aromatic heterocycles. The number of carbonyl (C=O) groups excluding carboxylic acids is 1. The van der Waals surface area contributed by atoms with Crippen LogP contribution in [0.2, 0.25) is 0 Å². The Kier molecular flexibility index (Phi) is 6.57. The number of morpholine rings is 1. The van der Waals surface area contributed by atoms with Crippen molar-refractivity contribution < 1.29 is 32.6 Å². The van der Waals surface area contributed by atoms with Gasteiger partial charge in [-0.2, -0.15) is 4.31 Å². The number of rotatable bonds is 7. The van der Waals surface area contributed by atoms with Crippen molar-refractivity contribution in [2.75, 3.05) is 46.2 Å². The van der Waals surface area contributed by atoms with Crippen LogP contribution in [0.4, 0.5) is 0 Å². The molecule has 0 aliphatic carbocycles. The van der Waals surface area contributed by atoms with Crippen molar-refractivity contribution in [1.82, 2.24) is 9.21 Å². The van der Waals surface area contributed by atoms with E-state index < -0.39 is 28.6 Å². The van der Waals surface area contributed by atoms with E-state index in [9.17, 15) is 18.0 Å². The van der Waals surface area contributed by atoms with Gasteiger partial charge in [0.2, 0.25) is 10.0 Å². The molecule has 1 heterocycles. The minimum atomic E-state index is -3.71. The molecule has 1 aromatic rings. The van der Waals surface area contributed by atoms with Gasteiger partial charge in [0, 0.05) is 19.6 Å². The van der Waals surface area contributed by atoms with Crippen LogP contribution in [-0.2, 0) is 19.6 Å². The zero-order valence-corrected chi connectivity index (χ0v) is 15.4. The topological polar surface area (TPSA) is 113 Å². The van der Waals surface area contributed by atoms with Crippen molar-refractivity contribution >= 4 is 21.9 Å². The van der Waals surface area contributed by atoms with Crippen molar-refractivity contribution in [1.29, 1.82) is 0 Å². The van der Waals surface area contributed by atoms with E-state index in [-0.39, 0.29) is 25.6 Å². The summed E-state index contributed by atoms with van der Waals surface area (Å²) in [4.78, 5) is 25.2. The average molecular weight is 386 g/mol. The molecular formula is C16H22N2O7S. The fourth-order valence-electron chi connectivity index (χ4n) is 2.70. The van der Waals surface area contributed by atoms with Gasteiger partial charge in [-0.05, 0) is 12.1 Å². The first-order valence-electron chi connectivity index (χ1n) is 7.93. The summed E-state index contributed by atoms with van der Waals surface area (Å²) in [5.41, 5.74) is 0.404. The van der Waals surface area contributed by atoms with E-state index in [0.29, 0.717) is 17.9 Å². The van der Waals surface area contributed by atoms with Crippen LogP contribution in [0.3, 0.4) is 0 Å². The molecule has 1 saturated heterocycles. The van der Waals surface area contributed by atoms with E-state index in [1.165, 1.54) is 7.11 Å². The fraction of sp³-hybridized carbons (Fsp3) is 0.500. The molecule has 26 heavy (non-hydrogen) atoms. The van der Waals surface area contributed by atoms with Crippen LogP contribution in [0.5, 0.6) is 5.75 Å². The number of carboxylic acids is 1. The molecule has 1 atom stereocenters. The molecule has 0 spiro atoms. The lowest BCUT2D eigenvalue weighted by molar-refractivity contribution is -0.137. The van der Waals surface area contributed by atoms with E-state index in [1.54, 1.807) is 29.2 Å². The van der Waals surface area contributed by atoms with Gasteiger partial charge in [-0.1, -0.05) is 12.1 Å². The molecule has 1 aliphatic rings. The number of nitrogens with zero attached hydrogens (tertiary/aromatic N) is 2. The molecule has 144 valence electrons. The van der Waals surface area contributed by atoms with E-state index >= 15 is 0 Å². The summed E-state index contributed by atoms with van der Waals surface area (Å²) in [7, 11) is -2.23. The number of benzene rings is 1. The number of sulfonamides is 1. The van der Waals surface area contributed by atoms with Crippen molar-refractivity contribution in [3.63, 3.8) is 0 Å². The Bertz CT molecular complexity index is 766. The van der Waals surface area contributed by atoms with Crippen LogP contribution in [0.15, 0.2) is 24.3 Å². The van der Waals surface area contributed by atoms with E-state index in [2.05, 4.69) is 0 Å². The Morgan fingerprint density at radius 2 is 2.08 bits per heavy atom. The second-order valence-electron chi connectivity index (χ2n) is 5.89.